The number of aliphatic hydroxyl groups is 1. The van der Waals surface area contributed by atoms with Gasteiger partial charge in [0.15, 0.2) is 0 Å². The first-order chi connectivity index (χ1) is 8.92. The molecule has 0 aliphatic rings. The highest BCUT2D eigenvalue weighted by Crippen LogP contribution is 2.02. The lowest BCUT2D eigenvalue weighted by Gasteiger charge is -2.20. The third-order valence-electron chi connectivity index (χ3n) is 2.28. The smallest absolute Gasteiger partial charge is 0.326 e. The molecule has 19 heavy (non-hydrogen) atoms. The first-order valence-corrected chi connectivity index (χ1v) is 7.00. The van der Waals surface area contributed by atoms with Crippen LogP contribution in [0.5, 0.6) is 0 Å². The van der Waals surface area contributed by atoms with Crippen molar-refractivity contribution >= 4 is 29.7 Å². The van der Waals surface area contributed by atoms with Crippen LogP contribution >= 0.6 is 11.8 Å². The van der Waals surface area contributed by atoms with E-state index in [1.165, 1.54) is 11.8 Å². The summed E-state index contributed by atoms with van der Waals surface area (Å²) >= 11 is 1.48. The Hall–Kier alpha value is -1.48. The summed E-state index contributed by atoms with van der Waals surface area (Å²) in [7, 11) is 0. The highest BCUT2D eigenvalue weighted by molar-refractivity contribution is 7.98. The van der Waals surface area contributed by atoms with Crippen molar-refractivity contribution in [3.05, 3.63) is 0 Å². The van der Waals surface area contributed by atoms with Crippen molar-refractivity contribution in [2.45, 2.75) is 24.9 Å². The summed E-state index contributed by atoms with van der Waals surface area (Å²) in [5, 5.41) is 22.1. The number of carboxylic acids is 1. The Balaban J connectivity index is 4.58. The van der Waals surface area contributed by atoms with Gasteiger partial charge in [-0.05, 0) is 18.4 Å². The van der Waals surface area contributed by atoms with Crippen LogP contribution in [-0.2, 0) is 9.59 Å². The molecule has 0 aliphatic heterocycles. The number of hydrogen-bond donors (Lipinski definition) is 5. The molecule has 0 saturated heterocycles. The number of hydrogen-bond acceptors (Lipinski definition) is 5. The van der Waals surface area contributed by atoms with Crippen molar-refractivity contribution in [1.82, 2.24) is 10.6 Å². The molecule has 1 unspecified atom stereocenters. The van der Waals surface area contributed by atoms with Gasteiger partial charge in [0.2, 0.25) is 5.91 Å². The number of amides is 3. The molecule has 0 aromatic heterocycles. The molecule has 0 rings (SSSR count). The molecule has 0 fully saturated rings. The van der Waals surface area contributed by atoms with E-state index < -0.39 is 30.0 Å². The maximum Gasteiger partial charge on any atom is 0.326 e. The van der Waals surface area contributed by atoms with Crippen LogP contribution in [0, 0.1) is 0 Å². The van der Waals surface area contributed by atoms with Crippen molar-refractivity contribution < 1.29 is 24.6 Å². The second-order valence-electron chi connectivity index (χ2n) is 3.75. The summed E-state index contributed by atoms with van der Waals surface area (Å²) in [4.78, 5) is 33.5. The topological polar surface area (TPSA) is 142 Å². The van der Waals surface area contributed by atoms with Crippen molar-refractivity contribution in [3.8, 4) is 0 Å². The first-order valence-electron chi connectivity index (χ1n) is 5.61. The molecule has 0 aliphatic carbocycles. The number of carbonyl (C=O) groups excluding carboxylic acids is 2. The minimum atomic E-state index is -1.25. The van der Waals surface area contributed by atoms with Crippen molar-refractivity contribution in [3.63, 3.8) is 0 Å². The van der Waals surface area contributed by atoms with Gasteiger partial charge >= 0.3 is 12.0 Å². The monoisotopic (exact) mass is 293 g/mol. The van der Waals surface area contributed by atoms with Crippen molar-refractivity contribution in [2.24, 2.45) is 5.73 Å². The number of thioether (sulfide) groups is 1. The highest BCUT2D eigenvalue weighted by atomic mass is 32.2. The number of carboxylic acid groups (broad SMARTS) is 1. The quantitative estimate of drug-likeness (QED) is 0.359. The normalized spacial score (nSPS) is 13.4. The Morgan fingerprint density at radius 3 is 2.26 bits per heavy atom. The highest BCUT2D eigenvalue weighted by Gasteiger charge is 2.25. The maximum atomic E-state index is 11.8. The number of rotatable bonds is 9. The SMILES string of the molecule is CSCCC(NC(N)=O)C(=O)N[C@H](CCO)C(=O)O. The number of nitrogens with one attached hydrogen (secondary N) is 2. The number of carbonyl (C=O) groups is 3. The Morgan fingerprint density at radius 1 is 1.21 bits per heavy atom. The number of nitrogens with two attached hydrogens (primary N) is 1. The van der Waals surface area contributed by atoms with Gasteiger partial charge in [0.25, 0.3) is 0 Å². The minimum absolute atomic E-state index is 0.104. The molecule has 9 heteroatoms. The number of urea groups is 1. The van der Waals surface area contributed by atoms with E-state index in [0.717, 1.165) is 0 Å². The summed E-state index contributed by atoms with van der Waals surface area (Å²) in [6.07, 6.45) is 2.07. The predicted octanol–water partition coefficient (Wildman–Crippen LogP) is -1.27. The van der Waals surface area contributed by atoms with Gasteiger partial charge in [-0.25, -0.2) is 9.59 Å². The molecule has 0 bridgehead atoms. The minimum Gasteiger partial charge on any atom is -0.480 e. The van der Waals surface area contributed by atoms with E-state index >= 15 is 0 Å². The van der Waals surface area contributed by atoms with Crippen LogP contribution in [0.4, 0.5) is 4.79 Å². The molecule has 2 atom stereocenters. The van der Waals surface area contributed by atoms with E-state index in [-0.39, 0.29) is 13.0 Å². The molecule has 0 aromatic rings. The molecule has 3 amide bonds. The lowest BCUT2D eigenvalue weighted by Crippen LogP contribution is -2.53. The fraction of sp³-hybridized carbons (Fsp3) is 0.700. The van der Waals surface area contributed by atoms with Gasteiger partial charge in [-0.1, -0.05) is 0 Å². The molecule has 0 radical (unpaired) electrons. The summed E-state index contributed by atoms with van der Waals surface area (Å²) in [5.74, 6) is -1.27. The lowest BCUT2D eigenvalue weighted by atomic mass is 10.1. The number of primary amides is 1. The van der Waals surface area contributed by atoms with E-state index in [2.05, 4.69) is 10.6 Å². The van der Waals surface area contributed by atoms with Gasteiger partial charge < -0.3 is 26.6 Å². The van der Waals surface area contributed by atoms with Gasteiger partial charge in [0.1, 0.15) is 12.1 Å². The van der Waals surface area contributed by atoms with Crippen molar-refractivity contribution in [2.75, 3.05) is 18.6 Å². The summed E-state index contributed by atoms with van der Waals surface area (Å²) < 4.78 is 0. The Labute approximate surface area is 115 Å². The van der Waals surface area contributed by atoms with E-state index in [4.69, 9.17) is 15.9 Å². The molecule has 0 saturated carbocycles. The van der Waals surface area contributed by atoms with Crippen LogP contribution in [0.3, 0.4) is 0 Å². The fourth-order valence-corrected chi connectivity index (χ4v) is 1.81. The van der Waals surface area contributed by atoms with Gasteiger partial charge in [0.05, 0.1) is 0 Å². The predicted molar refractivity (Wildman–Crippen MR) is 70.8 cm³/mol. The third-order valence-corrected chi connectivity index (χ3v) is 2.92. The van der Waals surface area contributed by atoms with E-state index in [1.807, 2.05) is 6.26 Å². The molecule has 110 valence electrons. The Morgan fingerprint density at radius 2 is 1.84 bits per heavy atom. The van der Waals surface area contributed by atoms with Crippen LogP contribution < -0.4 is 16.4 Å². The zero-order valence-electron chi connectivity index (χ0n) is 10.6. The molecule has 0 spiro atoms. The first kappa shape index (κ1) is 17.5. The van der Waals surface area contributed by atoms with Gasteiger partial charge in [0, 0.05) is 13.0 Å². The van der Waals surface area contributed by atoms with E-state index in [1.54, 1.807) is 0 Å². The molecule has 6 N–H and O–H groups in total. The standard InChI is InChI=1S/C10H19N3O5S/c1-19-5-3-6(13-10(11)18)8(15)12-7(2-4-14)9(16)17/h6-7,14H,2-5H2,1H3,(H,12,15)(H,16,17)(H3,11,13,18)/t6?,7-/m1/s1. The zero-order chi connectivity index (χ0) is 14.8. The number of aliphatic carboxylic acids is 1. The molecular formula is C10H19N3O5S. The van der Waals surface area contributed by atoms with Crippen LogP contribution in [0.1, 0.15) is 12.8 Å². The third kappa shape index (κ3) is 7.52. The average molecular weight is 293 g/mol. The van der Waals surface area contributed by atoms with Crippen LogP contribution in [-0.4, -0.2) is 58.8 Å². The Kier molecular flexibility index (Phi) is 8.71. The van der Waals surface area contributed by atoms with Crippen LogP contribution in [0.15, 0.2) is 0 Å². The molecule has 0 heterocycles. The van der Waals surface area contributed by atoms with Gasteiger partial charge in [-0.2, -0.15) is 11.8 Å². The second kappa shape index (κ2) is 9.45. The van der Waals surface area contributed by atoms with E-state index in [0.29, 0.717) is 12.2 Å². The second-order valence-corrected chi connectivity index (χ2v) is 4.74. The summed E-state index contributed by atoms with van der Waals surface area (Å²) in [5.41, 5.74) is 4.96. The summed E-state index contributed by atoms with van der Waals surface area (Å²) in [6, 6.07) is -2.93. The lowest BCUT2D eigenvalue weighted by molar-refractivity contribution is -0.142. The van der Waals surface area contributed by atoms with Crippen LogP contribution in [0.25, 0.3) is 0 Å². The van der Waals surface area contributed by atoms with E-state index in [9.17, 15) is 14.4 Å². The van der Waals surface area contributed by atoms with Gasteiger partial charge in [-0.15, -0.1) is 0 Å². The van der Waals surface area contributed by atoms with Gasteiger partial charge in [-0.3, -0.25) is 4.79 Å². The van der Waals surface area contributed by atoms with Crippen molar-refractivity contribution in [1.29, 1.82) is 0 Å². The maximum absolute atomic E-state index is 11.8. The molecular weight excluding hydrogens is 274 g/mol. The average Bonchev–Trinajstić information content (AvgIpc) is 2.33. The zero-order valence-corrected chi connectivity index (χ0v) is 11.4. The fourth-order valence-electron chi connectivity index (χ4n) is 1.34. The summed E-state index contributed by atoms with van der Waals surface area (Å²) in [6.45, 7) is -0.365. The molecule has 8 nitrogen and oxygen atoms in total. The van der Waals surface area contributed by atoms with Crippen LogP contribution in [0.2, 0.25) is 0 Å². The number of aliphatic hydroxyl groups excluding tert-OH is 1. The molecule has 0 aromatic carbocycles. The Bertz CT molecular complexity index is 326. The largest absolute Gasteiger partial charge is 0.480 e.